The van der Waals surface area contributed by atoms with E-state index in [1.54, 1.807) is 0 Å². The Morgan fingerprint density at radius 1 is 1.20 bits per heavy atom. The van der Waals surface area contributed by atoms with Crippen LogP contribution in [-0.2, 0) is 0 Å². The normalized spacial score (nSPS) is 34.0. The monoisotopic (exact) mass is 213 g/mol. The summed E-state index contributed by atoms with van der Waals surface area (Å²) < 4.78 is 0. The summed E-state index contributed by atoms with van der Waals surface area (Å²) in [4.78, 5) is 0. The molecule has 2 atom stereocenters. The second-order valence-corrected chi connectivity index (χ2v) is 5.31. The number of aliphatic hydroxyl groups is 2. The van der Waals surface area contributed by atoms with Crippen molar-refractivity contribution in [3.63, 3.8) is 0 Å². The molecule has 2 fully saturated rings. The van der Waals surface area contributed by atoms with Gasteiger partial charge in [-0.25, -0.2) is 0 Å². The van der Waals surface area contributed by atoms with Gasteiger partial charge in [-0.05, 0) is 37.5 Å². The fourth-order valence-electron chi connectivity index (χ4n) is 2.63. The molecule has 0 bridgehead atoms. The first-order valence-electron chi connectivity index (χ1n) is 6.28. The van der Waals surface area contributed by atoms with Gasteiger partial charge in [0.1, 0.15) is 0 Å². The number of hydrogen-bond acceptors (Lipinski definition) is 3. The Balaban J connectivity index is 1.72. The van der Waals surface area contributed by atoms with E-state index in [1.165, 1.54) is 25.7 Å². The zero-order chi connectivity index (χ0) is 10.7. The number of aliphatic hydroxyl groups excluding tert-OH is 2. The van der Waals surface area contributed by atoms with Gasteiger partial charge >= 0.3 is 0 Å². The Bertz CT molecular complexity index is 204. The fourth-order valence-corrected chi connectivity index (χ4v) is 2.63. The Labute approximate surface area is 91.9 Å². The van der Waals surface area contributed by atoms with E-state index in [1.807, 2.05) is 0 Å². The summed E-state index contributed by atoms with van der Waals surface area (Å²) >= 11 is 0. The lowest BCUT2D eigenvalue weighted by Gasteiger charge is -2.30. The molecule has 2 aliphatic carbocycles. The summed E-state index contributed by atoms with van der Waals surface area (Å²) in [5.41, 5.74) is 0.367. The predicted molar refractivity (Wildman–Crippen MR) is 59.6 cm³/mol. The molecule has 0 unspecified atom stereocenters. The minimum atomic E-state index is -0.149. The van der Waals surface area contributed by atoms with E-state index in [9.17, 15) is 5.11 Å². The molecule has 0 amide bonds. The van der Waals surface area contributed by atoms with E-state index in [4.69, 9.17) is 5.11 Å². The van der Waals surface area contributed by atoms with Crippen LogP contribution in [0.3, 0.4) is 0 Å². The standard InChI is InChI=1S/C12H23NO2/c14-8-7-12(5-6-12)9-13-10-3-1-2-4-11(10)15/h10-11,13-15H,1-9H2/t10-,11-/m0/s1. The fraction of sp³-hybridized carbons (Fsp3) is 1.00. The maximum atomic E-state index is 9.80. The van der Waals surface area contributed by atoms with Gasteiger partial charge in [0.15, 0.2) is 0 Å². The maximum Gasteiger partial charge on any atom is 0.0693 e. The highest BCUT2D eigenvalue weighted by Gasteiger charge is 2.42. The smallest absolute Gasteiger partial charge is 0.0693 e. The van der Waals surface area contributed by atoms with Gasteiger partial charge in [-0.1, -0.05) is 12.8 Å². The largest absolute Gasteiger partial charge is 0.396 e. The van der Waals surface area contributed by atoms with Gasteiger partial charge in [-0.3, -0.25) is 0 Å². The van der Waals surface area contributed by atoms with Crippen LogP contribution in [0.5, 0.6) is 0 Å². The first-order valence-corrected chi connectivity index (χ1v) is 6.28. The third kappa shape index (κ3) is 2.92. The minimum Gasteiger partial charge on any atom is -0.396 e. The van der Waals surface area contributed by atoms with Gasteiger partial charge in [0, 0.05) is 19.2 Å². The molecule has 2 saturated carbocycles. The van der Waals surface area contributed by atoms with Crippen molar-refractivity contribution in [3.05, 3.63) is 0 Å². The van der Waals surface area contributed by atoms with Crippen molar-refractivity contribution in [1.82, 2.24) is 5.32 Å². The summed E-state index contributed by atoms with van der Waals surface area (Å²) in [7, 11) is 0. The molecule has 2 rings (SSSR count). The van der Waals surface area contributed by atoms with Gasteiger partial charge in [0.05, 0.1) is 6.10 Å². The third-order valence-corrected chi connectivity index (χ3v) is 4.07. The Morgan fingerprint density at radius 2 is 1.93 bits per heavy atom. The van der Waals surface area contributed by atoms with Gasteiger partial charge in [-0.15, -0.1) is 0 Å². The number of hydrogen-bond donors (Lipinski definition) is 3. The number of nitrogens with one attached hydrogen (secondary N) is 1. The van der Waals surface area contributed by atoms with Crippen LogP contribution in [0, 0.1) is 5.41 Å². The van der Waals surface area contributed by atoms with Crippen LogP contribution in [-0.4, -0.2) is 35.5 Å². The molecule has 0 aromatic heterocycles. The molecule has 3 nitrogen and oxygen atoms in total. The molecular formula is C12H23NO2. The van der Waals surface area contributed by atoms with E-state index in [2.05, 4.69) is 5.32 Å². The lowest BCUT2D eigenvalue weighted by Crippen LogP contribution is -2.44. The van der Waals surface area contributed by atoms with Crippen molar-refractivity contribution < 1.29 is 10.2 Å². The highest BCUT2D eigenvalue weighted by Crippen LogP contribution is 2.48. The van der Waals surface area contributed by atoms with E-state index in [-0.39, 0.29) is 6.10 Å². The summed E-state index contributed by atoms with van der Waals surface area (Å²) in [5.74, 6) is 0. The number of rotatable bonds is 5. The molecule has 0 saturated heterocycles. The van der Waals surface area contributed by atoms with Gasteiger partial charge < -0.3 is 15.5 Å². The lowest BCUT2D eigenvalue weighted by molar-refractivity contribution is 0.0870. The molecule has 88 valence electrons. The van der Waals surface area contributed by atoms with Crippen molar-refractivity contribution in [2.45, 2.75) is 57.1 Å². The molecule has 0 heterocycles. The van der Waals surface area contributed by atoms with Gasteiger partial charge in [-0.2, -0.15) is 0 Å². The van der Waals surface area contributed by atoms with Crippen LogP contribution in [0.15, 0.2) is 0 Å². The molecule has 0 aromatic rings. The highest BCUT2D eigenvalue weighted by molar-refractivity contribution is 4.96. The minimum absolute atomic E-state index is 0.149. The zero-order valence-electron chi connectivity index (χ0n) is 9.41. The van der Waals surface area contributed by atoms with Crippen LogP contribution in [0.1, 0.15) is 44.9 Å². The SMILES string of the molecule is OCCC1(CN[C@H]2CCCC[C@@H]2O)CC1. The maximum absolute atomic E-state index is 9.80. The van der Waals surface area contributed by atoms with Gasteiger partial charge in [0.2, 0.25) is 0 Å². The van der Waals surface area contributed by atoms with Gasteiger partial charge in [0.25, 0.3) is 0 Å². The van der Waals surface area contributed by atoms with Crippen LogP contribution in [0.4, 0.5) is 0 Å². The van der Waals surface area contributed by atoms with E-state index in [0.717, 1.165) is 25.8 Å². The topological polar surface area (TPSA) is 52.5 Å². The van der Waals surface area contributed by atoms with Crippen molar-refractivity contribution in [3.8, 4) is 0 Å². The molecule has 3 N–H and O–H groups in total. The molecule has 2 aliphatic rings. The average Bonchev–Trinajstić information content (AvgIpc) is 2.98. The van der Waals surface area contributed by atoms with E-state index in [0.29, 0.717) is 18.1 Å². The second kappa shape index (κ2) is 4.81. The molecule has 0 radical (unpaired) electrons. The molecule has 0 aromatic carbocycles. The molecular weight excluding hydrogens is 190 g/mol. The molecule has 3 heteroatoms. The third-order valence-electron chi connectivity index (χ3n) is 4.07. The van der Waals surface area contributed by atoms with Crippen LogP contribution in [0.25, 0.3) is 0 Å². The zero-order valence-corrected chi connectivity index (χ0v) is 9.41. The second-order valence-electron chi connectivity index (χ2n) is 5.31. The van der Waals surface area contributed by atoms with Crippen molar-refractivity contribution in [2.75, 3.05) is 13.2 Å². The van der Waals surface area contributed by atoms with Crippen molar-refractivity contribution in [2.24, 2.45) is 5.41 Å². The Kier molecular flexibility index (Phi) is 3.65. The first kappa shape index (κ1) is 11.4. The summed E-state index contributed by atoms with van der Waals surface area (Å²) in [6, 6.07) is 0.301. The quantitative estimate of drug-likeness (QED) is 0.639. The first-order chi connectivity index (χ1) is 7.26. The molecule has 15 heavy (non-hydrogen) atoms. The van der Waals surface area contributed by atoms with Crippen LogP contribution >= 0.6 is 0 Å². The average molecular weight is 213 g/mol. The summed E-state index contributed by atoms with van der Waals surface area (Å²) in [5, 5.41) is 22.3. The highest BCUT2D eigenvalue weighted by atomic mass is 16.3. The van der Waals surface area contributed by atoms with E-state index >= 15 is 0 Å². The summed E-state index contributed by atoms with van der Waals surface area (Å²) in [6.07, 6.45) is 7.71. The lowest BCUT2D eigenvalue weighted by atomic mass is 9.91. The molecule has 0 spiro atoms. The van der Waals surface area contributed by atoms with E-state index < -0.39 is 0 Å². The van der Waals surface area contributed by atoms with Crippen LogP contribution < -0.4 is 5.32 Å². The predicted octanol–water partition coefficient (Wildman–Crippen LogP) is 1.04. The Morgan fingerprint density at radius 3 is 2.53 bits per heavy atom. The van der Waals surface area contributed by atoms with Crippen molar-refractivity contribution >= 4 is 0 Å². The van der Waals surface area contributed by atoms with Crippen molar-refractivity contribution in [1.29, 1.82) is 0 Å². The Hall–Kier alpha value is -0.120. The van der Waals surface area contributed by atoms with Crippen LogP contribution in [0.2, 0.25) is 0 Å². The summed E-state index contributed by atoms with van der Waals surface area (Å²) in [6.45, 7) is 1.28. The molecule has 0 aliphatic heterocycles.